The van der Waals surface area contributed by atoms with E-state index in [1.165, 1.54) is 25.1 Å². The Morgan fingerprint density at radius 3 is 2.62 bits per heavy atom. The highest BCUT2D eigenvalue weighted by atomic mass is 35.5. The lowest BCUT2D eigenvalue weighted by molar-refractivity contribution is -0.148. The number of carbonyl (C=O) groups excluding carboxylic acids is 2. The zero-order chi connectivity index (χ0) is 17.7. The molecule has 24 heavy (non-hydrogen) atoms. The molecule has 0 bridgehead atoms. The summed E-state index contributed by atoms with van der Waals surface area (Å²) in [5.74, 6) is 0.0915. The summed E-state index contributed by atoms with van der Waals surface area (Å²) in [7, 11) is 0. The van der Waals surface area contributed by atoms with Crippen molar-refractivity contribution >= 4 is 46.8 Å². The minimum atomic E-state index is -0.993. The summed E-state index contributed by atoms with van der Waals surface area (Å²) in [4.78, 5) is 23.8. The molecule has 1 amide bonds. The minimum absolute atomic E-state index is 0.294. The molecule has 0 aliphatic carbocycles. The zero-order valence-corrected chi connectivity index (χ0v) is 14.5. The molecule has 0 saturated carbocycles. The van der Waals surface area contributed by atoms with Gasteiger partial charge in [0.05, 0.1) is 10.7 Å². The van der Waals surface area contributed by atoms with Crippen LogP contribution in [0.5, 0.6) is 0 Å². The van der Waals surface area contributed by atoms with Crippen LogP contribution in [0, 0.1) is 6.92 Å². The summed E-state index contributed by atoms with van der Waals surface area (Å²) in [6, 6.07) is 8.16. The van der Waals surface area contributed by atoms with Gasteiger partial charge in [-0.1, -0.05) is 23.2 Å². The molecule has 0 saturated heterocycles. The van der Waals surface area contributed by atoms with E-state index in [0.29, 0.717) is 21.5 Å². The summed E-state index contributed by atoms with van der Waals surface area (Å²) in [6.07, 6.45) is 1.67. The lowest BCUT2D eigenvalue weighted by Crippen LogP contribution is -2.29. The molecule has 1 aromatic heterocycles. The first-order chi connectivity index (χ1) is 11.3. The van der Waals surface area contributed by atoms with Crippen LogP contribution in [-0.4, -0.2) is 18.0 Å². The summed E-state index contributed by atoms with van der Waals surface area (Å²) in [5, 5.41) is 3.32. The molecule has 2 rings (SSSR count). The molecule has 7 heteroatoms. The number of benzene rings is 1. The highest BCUT2D eigenvalue weighted by Crippen LogP contribution is 2.25. The maximum absolute atomic E-state index is 12.0. The highest BCUT2D eigenvalue weighted by Gasteiger charge is 2.17. The Bertz CT molecular complexity index is 783. The fourth-order valence-electron chi connectivity index (χ4n) is 1.79. The molecule has 0 fully saturated rings. The van der Waals surface area contributed by atoms with E-state index in [0.717, 1.165) is 5.76 Å². The Labute approximate surface area is 149 Å². The van der Waals surface area contributed by atoms with Gasteiger partial charge in [0, 0.05) is 11.1 Å². The Hall–Kier alpha value is -2.24. The number of furan rings is 1. The number of aryl methyl sites for hydroxylation is 1. The van der Waals surface area contributed by atoms with E-state index in [2.05, 4.69) is 5.32 Å². The number of amides is 1. The maximum Gasteiger partial charge on any atom is 0.331 e. The first-order valence-electron chi connectivity index (χ1n) is 7.06. The van der Waals surface area contributed by atoms with E-state index in [1.807, 2.05) is 0 Å². The number of hydrogen-bond acceptors (Lipinski definition) is 4. The van der Waals surface area contributed by atoms with Crippen molar-refractivity contribution < 1.29 is 18.7 Å². The van der Waals surface area contributed by atoms with Gasteiger partial charge in [-0.05, 0) is 50.3 Å². The number of nitrogens with one attached hydrogen (secondary N) is 1. The third-order valence-corrected chi connectivity index (χ3v) is 3.54. The number of hydrogen-bond donors (Lipinski definition) is 1. The predicted molar refractivity (Wildman–Crippen MR) is 93.1 cm³/mol. The van der Waals surface area contributed by atoms with Crippen LogP contribution >= 0.6 is 23.2 Å². The van der Waals surface area contributed by atoms with Crippen LogP contribution in [0.25, 0.3) is 6.08 Å². The average Bonchev–Trinajstić information content (AvgIpc) is 2.93. The molecule has 2 aromatic rings. The molecule has 1 N–H and O–H groups in total. The van der Waals surface area contributed by atoms with Crippen LogP contribution in [0.15, 0.2) is 40.8 Å². The molecule has 5 nitrogen and oxygen atoms in total. The van der Waals surface area contributed by atoms with Crippen molar-refractivity contribution in [3.8, 4) is 0 Å². The van der Waals surface area contributed by atoms with Gasteiger partial charge in [-0.3, -0.25) is 4.79 Å². The minimum Gasteiger partial charge on any atom is -0.462 e. The van der Waals surface area contributed by atoms with Crippen molar-refractivity contribution in [2.45, 2.75) is 20.0 Å². The normalized spacial score (nSPS) is 12.2. The molecule has 1 aromatic carbocycles. The van der Waals surface area contributed by atoms with Crippen LogP contribution in [0.1, 0.15) is 18.4 Å². The summed E-state index contributed by atoms with van der Waals surface area (Å²) in [6.45, 7) is 3.26. The monoisotopic (exact) mass is 367 g/mol. The SMILES string of the molecule is Cc1ccc(C=CC(=O)OC(C)C(=O)Nc2ccc(Cl)cc2Cl)o1. The van der Waals surface area contributed by atoms with E-state index in [1.54, 1.807) is 31.2 Å². The van der Waals surface area contributed by atoms with Crippen molar-refractivity contribution in [3.63, 3.8) is 0 Å². The number of rotatable bonds is 5. The number of anilines is 1. The van der Waals surface area contributed by atoms with Gasteiger partial charge in [0.15, 0.2) is 6.10 Å². The van der Waals surface area contributed by atoms with E-state index in [4.69, 9.17) is 32.4 Å². The fourth-order valence-corrected chi connectivity index (χ4v) is 2.24. The van der Waals surface area contributed by atoms with Gasteiger partial charge in [-0.15, -0.1) is 0 Å². The summed E-state index contributed by atoms with van der Waals surface area (Å²) in [5.41, 5.74) is 0.385. The van der Waals surface area contributed by atoms with E-state index < -0.39 is 18.0 Å². The first kappa shape index (κ1) is 18.1. The standard InChI is InChI=1S/C17H15Cl2NO4/c1-10-3-5-13(23-10)6-8-16(21)24-11(2)17(22)20-15-7-4-12(18)9-14(15)19/h3-9,11H,1-2H3,(H,20,22). The second-order valence-corrected chi connectivity index (χ2v) is 5.82. The van der Waals surface area contributed by atoms with Crippen LogP contribution in [0.2, 0.25) is 10.0 Å². The fraction of sp³-hybridized carbons (Fsp3) is 0.176. The molecule has 0 aliphatic heterocycles. The van der Waals surface area contributed by atoms with Gasteiger partial charge in [-0.25, -0.2) is 4.79 Å². The van der Waals surface area contributed by atoms with Gasteiger partial charge < -0.3 is 14.5 Å². The van der Waals surface area contributed by atoms with Gasteiger partial charge in [-0.2, -0.15) is 0 Å². The molecule has 1 unspecified atom stereocenters. The second-order valence-electron chi connectivity index (χ2n) is 4.97. The lowest BCUT2D eigenvalue weighted by Gasteiger charge is -2.13. The van der Waals surface area contributed by atoms with Crippen molar-refractivity contribution in [3.05, 3.63) is 58.0 Å². The molecule has 126 valence electrons. The van der Waals surface area contributed by atoms with Gasteiger partial charge in [0.2, 0.25) is 0 Å². The third kappa shape index (κ3) is 5.15. The van der Waals surface area contributed by atoms with Gasteiger partial charge >= 0.3 is 5.97 Å². The highest BCUT2D eigenvalue weighted by molar-refractivity contribution is 6.36. The Morgan fingerprint density at radius 2 is 2.00 bits per heavy atom. The summed E-state index contributed by atoms with van der Waals surface area (Å²) >= 11 is 11.8. The number of carbonyl (C=O) groups is 2. The van der Waals surface area contributed by atoms with Gasteiger partial charge in [0.1, 0.15) is 11.5 Å². The van der Waals surface area contributed by atoms with Crippen molar-refractivity contribution in [1.82, 2.24) is 0 Å². The Kier molecular flexibility index (Phi) is 6.06. The van der Waals surface area contributed by atoms with E-state index in [-0.39, 0.29) is 0 Å². The molecule has 0 aliphatic rings. The van der Waals surface area contributed by atoms with Gasteiger partial charge in [0.25, 0.3) is 5.91 Å². The second kappa shape index (κ2) is 8.04. The van der Waals surface area contributed by atoms with E-state index in [9.17, 15) is 9.59 Å². The van der Waals surface area contributed by atoms with Crippen molar-refractivity contribution in [2.24, 2.45) is 0 Å². The quantitative estimate of drug-likeness (QED) is 0.624. The molecular formula is C17H15Cl2NO4. The first-order valence-corrected chi connectivity index (χ1v) is 7.82. The molecule has 1 heterocycles. The number of esters is 1. The Morgan fingerprint density at radius 1 is 1.25 bits per heavy atom. The number of halogens is 2. The molecule has 0 radical (unpaired) electrons. The third-order valence-electron chi connectivity index (χ3n) is 3.00. The molecular weight excluding hydrogens is 353 g/mol. The van der Waals surface area contributed by atoms with Crippen LogP contribution < -0.4 is 5.32 Å². The van der Waals surface area contributed by atoms with Crippen LogP contribution in [-0.2, 0) is 14.3 Å². The van der Waals surface area contributed by atoms with Crippen LogP contribution in [0.3, 0.4) is 0 Å². The van der Waals surface area contributed by atoms with Crippen molar-refractivity contribution in [2.75, 3.05) is 5.32 Å². The van der Waals surface area contributed by atoms with E-state index >= 15 is 0 Å². The summed E-state index contributed by atoms with van der Waals surface area (Å²) < 4.78 is 10.3. The Balaban J connectivity index is 1.90. The maximum atomic E-state index is 12.0. The largest absolute Gasteiger partial charge is 0.462 e. The molecule has 0 spiro atoms. The topological polar surface area (TPSA) is 68.5 Å². The zero-order valence-electron chi connectivity index (χ0n) is 13.0. The number of ether oxygens (including phenoxy) is 1. The van der Waals surface area contributed by atoms with Crippen molar-refractivity contribution in [1.29, 1.82) is 0 Å². The lowest BCUT2D eigenvalue weighted by atomic mass is 10.3. The smallest absolute Gasteiger partial charge is 0.331 e. The average molecular weight is 368 g/mol. The van der Waals surface area contributed by atoms with Crippen LogP contribution in [0.4, 0.5) is 5.69 Å². The predicted octanol–water partition coefficient (Wildman–Crippen LogP) is 4.48. The molecule has 1 atom stereocenters.